The summed E-state index contributed by atoms with van der Waals surface area (Å²) in [5, 5.41) is 4.41. The Bertz CT molecular complexity index is 627. The SMILES string of the molecule is CC(C)c1c(C(=O)N2CCCC2)cnn1-c1ccccn1. The Morgan fingerprint density at radius 1 is 1.24 bits per heavy atom. The molecule has 1 fully saturated rings. The van der Waals surface area contributed by atoms with Crippen LogP contribution in [0.4, 0.5) is 0 Å². The van der Waals surface area contributed by atoms with Crippen molar-refractivity contribution in [3.05, 3.63) is 41.9 Å². The van der Waals surface area contributed by atoms with Crippen molar-refractivity contribution in [3.63, 3.8) is 0 Å². The zero-order valence-electron chi connectivity index (χ0n) is 12.5. The van der Waals surface area contributed by atoms with Gasteiger partial charge in [0.25, 0.3) is 5.91 Å². The van der Waals surface area contributed by atoms with Gasteiger partial charge in [-0.15, -0.1) is 0 Å². The summed E-state index contributed by atoms with van der Waals surface area (Å²) in [6.45, 7) is 5.87. The number of carbonyl (C=O) groups is 1. The van der Waals surface area contributed by atoms with Crippen LogP contribution >= 0.6 is 0 Å². The Morgan fingerprint density at radius 3 is 2.62 bits per heavy atom. The van der Waals surface area contributed by atoms with E-state index < -0.39 is 0 Å². The number of carbonyl (C=O) groups excluding carboxylic acids is 1. The lowest BCUT2D eigenvalue weighted by atomic mass is 10.0. The molecule has 1 aliphatic heterocycles. The molecule has 2 aromatic rings. The van der Waals surface area contributed by atoms with Gasteiger partial charge in [0.1, 0.15) is 0 Å². The smallest absolute Gasteiger partial charge is 0.257 e. The van der Waals surface area contributed by atoms with Crippen LogP contribution in [-0.4, -0.2) is 38.7 Å². The third kappa shape index (κ3) is 2.55. The van der Waals surface area contributed by atoms with Gasteiger partial charge in [0.05, 0.1) is 17.5 Å². The number of rotatable bonds is 3. The summed E-state index contributed by atoms with van der Waals surface area (Å²) in [4.78, 5) is 18.9. The lowest BCUT2D eigenvalue weighted by molar-refractivity contribution is 0.0791. The number of amides is 1. The minimum Gasteiger partial charge on any atom is -0.339 e. The summed E-state index contributed by atoms with van der Waals surface area (Å²) in [6, 6.07) is 5.71. The summed E-state index contributed by atoms with van der Waals surface area (Å²) in [6.07, 6.45) is 5.61. The Balaban J connectivity index is 2.02. The lowest BCUT2D eigenvalue weighted by Gasteiger charge is -2.17. The second kappa shape index (κ2) is 5.68. The molecule has 5 heteroatoms. The van der Waals surface area contributed by atoms with Crippen molar-refractivity contribution in [3.8, 4) is 5.82 Å². The summed E-state index contributed by atoms with van der Waals surface area (Å²) >= 11 is 0. The van der Waals surface area contributed by atoms with E-state index in [4.69, 9.17) is 0 Å². The number of hydrogen-bond acceptors (Lipinski definition) is 3. The van der Waals surface area contributed by atoms with Crippen molar-refractivity contribution < 1.29 is 4.79 Å². The molecule has 110 valence electrons. The number of nitrogens with zero attached hydrogens (tertiary/aromatic N) is 4. The van der Waals surface area contributed by atoms with Crippen molar-refractivity contribution in [2.45, 2.75) is 32.6 Å². The molecule has 0 spiro atoms. The maximum Gasteiger partial charge on any atom is 0.257 e. The Morgan fingerprint density at radius 2 is 2.00 bits per heavy atom. The van der Waals surface area contributed by atoms with Crippen molar-refractivity contribution in [2.75, 3.05) is 13.1 Å². The number of hydrogen-bond donors (Lipinski definition) is 0. The first-order valence-electron chi connectivity index (χ1n) is 7.47. The average molecular weight is 284 g/mol. The highest BCUT2D eigenvalue weighted by Crippen LogP contribution is 2.24. The summed E-state index contributed by atoms with van der Waals surface area (Å²) in [5.74, 6) is 1.05. The maximum atomic E-state index is 12.7. The molecule has 3 rings (SSSR count). The van der Waals surface area contributed by atoms with Gasteiger partial charge in [-0.25, -0.2) is 9.67 Å². The fourth-order valence-electron chi connectivity index (χ4n) is 2.83. The van der Waals surface area contributed by atoms with E-state index in [1.807, 2.05) is 23.1 Å². The molecule has 1 saturated heterocycles. The number of likely N-dealkylation sites (tertiary alicyclic amines) is 1. The van der Waals surface area contributed by atoms with E-state index in [-0.39, 0.29) is 11.8 Å². The molecule has 0 aliphatic carbocycles. The van der Waals surface area contributed by atoms with Crippen LogP contribution in [0.1, 0.15) is 48.7 Å². The van der Waals surface area contributed by atoms with Gasteiger partial charge >= 0.3 is 0 Å². The first kappa shape index (κ1) is 13.8. The van der Waals surface area contributed by atoms with Gasteiger partial charge in [-0.05, 0) is 30.9 Å². The van der Waals surface area contributed by atoms with Gasteiger partial charge < -0.3 is 4.90 Å². The van der Waals surface area contributed by atoms with E-state index in [9.17, 15) is 4.79 Å². The molecule has 0 radical (unpaired) electrons. The Labute approximate surface area is 124 Å². The lowest BCUT2D eigenvalue weighted by Crippen LogP contribution is -2.28. The minimum atomic E-state index is 0.0957. The van der Waals surface area contributed by atoms with Crippen molar-refractivity contribution in [2.24, 2.45) is 0 Å². The highest BCUT2D eigenvalue weighted by molar-refractivity contribution is 5.95. The second-order valence-corrected chi connectivity index (χ2v) is 5.70. The molecule has 1 aliphatic rings. The van der Waals surface area contributed by atoms with E-state index in [1.54, 1.807) is 17.1 Å². The van der Waals surface area contributed by atoms with Crippen LogP contribution in [0.15, 0.2) is 30.6 Å². The fraction of sp³-hybridized carbons (Fsp3) is 0.438. The van der Waals surface area contributed by atoms with E-state index in [2.05, 4.69) is 23.9 Å². The topological polar surface area (TPSA) is 51.0 Å². The summed E-state index contributed by atoms with van der Waals surface area (Å²) in [7, 11) is 0. The molecule has 5 nitrogen and oxygen atoms in total. The molecule has 0 bridgehead atoms. The molecule has 0 aromatic carbocycles. The minimum absolute atomic E-state index is 0.0957. The van der Waals surface area contributed by atoms with Crippen LogP contribution in [0, 0.1) is 0 Å². The third-order valence-corrected chi connectivity index (χ3v) is 3.84. The molecule has 1 amide bonds. The zero-order valence-corrected chi connectivity index (χ0v) is 12.5. The van der Waals surface area contributed by atoms with Crippen LogP contribution in [-0.2, 0) is 0 Å². The quantitative estimate of drug-likeness (QED) is 0.870. The van der Waals surface area contributed by atoms with Crippen LogP contribution in [0.3, 0.4) is 0 Å². The van der Waals surface area contributed by atoms with Gasteiger partial charge in [-0.1, -0.05) is 19.9 Å². The van der Waals surface area contributed by atoms with Crippen LogP contribution in [0.2, 0.25) is 0 Å². The van der Waals surface area contributed by atoms with Crippen molar-refractivity contribution in [1.82, 2.24) is 19.7 Å². The fourth-order valence-corrected chi connectivity index (χ4v) is 2.83. The zero-order chi connectivity index (χ0) is 14.8. The average Bonchev–Trinajstić information content (AvgIpc) is 3.17. The predicted octanol–water partition coefficient (Wildman–Crippen LogP) is 2.63. The molecule has 0 atom stereocenters. The highest BCUT2D eigenvalue weighted by atomic mass is 16.2. The van der Waals surface area contributed by atoms with E-state index in [0.717, 1.165) is 37.4 Å². The Kier molecular flexibility index (Phi) is 3.73. The molecule has 21 heavy (non-hydrogen) atoms. The van der Waals surface area contributed by atoms with Gasteiger partial charge in [0.2, 0.25) is 0 Å². The standard InChI is InChI=1S/C16H20N4O/c1-12(2)15-13(16(21)19-9-5-6-10-19)11-18-20(15)14-7-3-4-8-17-14/h3-4,7-8,11-12H,5-6,9-10H2,1-2H3. The molecular formula is C16H20N4O. The van der Waals surface area contributed by atoms with Crippen LogP contribution < -0.4 is 0 Å². The monoisotopic (exact) mass is 284 g/mol. The molecular weight excluding hydrogens is 264 g/mol. The molecule has 0 N–H and O–H groups in total. The molecule has 0 unspecified atom stereocenters. The first-order valence-corrected chi connectivity index (χ1v) is 7.47. The van der Waals surface area contributed by atoms with E-state index in [0.29, 0.717) is 5.56 Å². The van der Waals surface area contributed by atoms with Crippen LogP contribution in [0.5, 0.6) is 0 Å². The van der Waals surface area contributed by atoms with Gasteiger partial charge in [-0.2, -0.15) is 5.10 Å². The predicted molar refractivity (Wildman–Crippen MR) is 80.6 cm³/mol. The van der Waals surface area contributed by atoms with Gasteiger partial charge in [-0.3, -0.25) is 4.79 Å². The summed E-state index contributed by atoms with van der Waals surface area (Å²) in [5.41, 5.74) is 1.64. The van der Waals surface area contributed by atoms with Crippen molar-refractivity contribution >= 4 is 5.91 Å². The van der Waals surface area contributed by atoms with E-state index in [1.165, 1.54) is 0 Å². The third-order valence-electron chi connectivity index (χ3n) is 3.84. The normalized spacial score (nSPS) is 14.9. The first-order chi connectivity index (χ1) is 10.2. The number of aromatic nitrogens is 3. The second-order valence-electron chi connectivity index (χ2n) is 5.70. The van der Waals surface area contributed by atoms with Gasteiger partial charge in [0.15, 0.2) is 5.82 Å². The largest absolute Gasteiger partial charge is 0.339 e. The van der Waals surface area contributed by atoms with Crippen LogP contribution in [0.25, 0.3) is 5.82 Å². The highest BCUT2D eigenvalue weighted by Gasteiger charge is 2.26. The number of pyridine rings is 1. The van der Waals surface area contributed by atoms with E-state index >= 15 is 0 Å². The Hall–Kier alpha value is -2.17. The molecule has 3 heterocycles. The molecule has 0 saturated carbocycles. The van der Waals surface area contributed by atoms with Gasteiger partial charge in [0, 0.05) is 19.3 Å². The summed E-state index contributed by atoms with van der Waals surface area (Å²) < 4.78 is 1.79. The molecule has 2 aromatic heterocycles. The maximum absolute atomic E-state index is 12.7. The van der Waals surface area contributed by atoms with Crippen molar-refractivity contribution in [1.29, 1.82) is 0 Å².